The standard InChI is InChI=1S/C16H19ClFN3O2/c1-16(10-6-7-10)14(22)21(15(23)19-16)9-20(2)8-11-12(17)4-3-5-13(11)18/h3-5,10H,6-9H2,1-2H3,(H,19,23)/p+1/t16-/m0/s1. The highest BCUT2D eigenvalue weighted by atomic mass is 35.5. The normalized spacial score (nSPS) is 25.7. The molecule has 1 saturated heterocycles. The Labute approximate surface area is 139 Å². The first kappa shape index (κ1) is 16.2. The zero-order valence-electron chi connectivity index (χ0n) is 13.2. The average molecular weight is 341 g/mol. The number of rotatable bonds is 5. The fourth-order valence-electron chi connectivity index (χ4n) is 3.13. The fourth-order valence-corrected chi connectivity index (χ4v) is 3.36. The van der Waals surface area contributed by atoms with Crippen LogP contribution >= 0.6 is 11.6 Å². The highest BCUT2D eigenvalue weighted by Gasteiger charge is 2.56. The summed E-state index contributed by atoms with van der Waals surface area (Å²) in [6.07, 6.45) is 1.92. The van der Waals surface area contributed by atoms with Crippen LogP contribution in [0.25, 0.3) is 0 Å². The molecule has 0 aromatic heterocycles. The van der Waals surface area contributed by atoms with Gasteiger partial charge in [0.05, 0.1) is 17.6 Å². The van der Waals surface area contributed by atoms with Crippen LogP contribution in [0, 0.1) is 11.7 Å². The van der Waals surface area contributed by atoms with Crippen molar-refractivity contribution in [3.8, 4) is 0 Å². The molecule has 0 radical (unpaired) electrons. The van der Waals surface area contributed by atoms with Gasteiger partial charge in [-0.3, -0.25) is 4.79 Å². The summed E-state index contributed by atoms with van der Waals surface area (Å²) < 4.78 is 13.9. The molecule has 1 aliphatic heterocycles. The lowest BCUT2D eigenvalue weighted by molar-refractivity contribution is -0.901. The van der Waals surface area contributed by atoms with E-state index in [1.807, 2.05) is 0 Å². The summed E-state index contributed by atoms with van der Waals surface area (Å²) >= 11 is 6.03. The highest BCUT2D eigenvalue weighted by Crippen LogP contribution is 2.42. The van der Waals surface area contributed by atoms with Crippen molar-refractivity contribution in [3.63, 3.8) is 0 Å². The summed E-state index contributed by atoms with van der Waals surface area (Å²) in [4.78, 5) is 26.7. The molecule has 1 aromatic carbocycles. The first-order chi connectivity index (χ1) is 10.8. The van der Waals surface area contributed by atoms with Gasteiger partial charge in [0.1, 0.15) is 17.9 Å². The summed E-state index contributed by atoms with van der Waals surface area (Å²) in [7, 11) is 1.80. The van der Waals surface area contributed by atoms with Gasteiger partial charge >= 0.3 is 6.03 Å². The molecule has 5 nitrogen and oxygen atoms in total. The van der Waals surface area contributed by atoms with Crippen molar-refractivity contribution in [2.75, 3.05) is 13.7 Å². The number of hydrogen-bond acceptors (Lipinski definition) is 2. The molecule has 1 aliphatic carbocycles. The van der Waals surface area contributed by atoms with Gasteiger partial charge in [0.15, 0.2) is 6.67 Å². The van der Waals surface area contributed by atoms with Crippen LogP contribution in [-0.2, 0) is 11.3 Å². The first-order valence-corrected chi connectivity index (χ1v) is 8.09. The van der Waals surface area contributed by atoms with Gasteiger partial charge < -0.3 is 10.2 Å². The smallest absolute Gasteiger partial charge is 0.323 e. The molecular formula is C16H20ClFN3O2+. The van der Waals surface area contributed by atoms with E-state index in [1.54, 1.807) is 26.1 Å². The van der Waals surface area contributed by atoms with Crippen LogP contribution in [0.1, 0.15) is 25.3 Å². The Kier molecular flexibility index (Phi) is 4.06. The third-order valence-electron chi connectivity index (χ3n) is 4.66. The summed E-state index contributed by atoms with van der Waals surface area (Å²) in [5, 5.41) is 3.16. The van der Waals surface area contributed by atoms with Crippen molar-refractivity contribution in [1.82, 2.24) is 10.2 Å². The van der Waals surface area contributed by atoms with E-state index in [-0.39, 0.29) is 30.3 Å². The second-order valence-electron chi connectivity index (χ2n) is 6.63. The van der Waals surface area contributed by atoms with E-state index in [1.165, 1.54) is 11.0 Å². The summed E-state index contributed by atoms with van der Waals surface area (Å²) in [5.74, 6) is -0.342. The van der Waals surface area contributed by atoms with E-state index in [0.717, 1.165) is 17.7 Å². The van der Waals surface area contributed by atoms with Gasteiger partial charge in [0.2, 0.25) is 0 Å². The molecule has 3 rings (SSSR count). The number of nitrogens with zero attached hydrogens (tertiary/aromatic N) is 1. The zero-order chi connectivity index (χ0) is 16.8. The number of amides is 3. The molecule has 2 N–H and O–H groups in total. The number of imide groups is 1. The van der Waals surface area contributed by atoms with Gasteiger partial charge in [0, 0.05) is 0 Å². The Morgan fingerprint density at radius 2 is 2.13 bits per heavy atom. The molecule has 1 heterocycles. The van der Waals surface area contributed by atoms with Crippen LogP contribution in [0.3, 0.4) is 0 Å². The van der Waals surface area contributed by atoms with E-state index < -0.39 is 5.54 Å². The first-order valence-electron chi connectivity index (χ1n) is 7.71. The van der Waals surface area contributed by atoms with E-state index in [4.69, 9.17) is 11.6 Å². The molecule has 124 valence electrons. The number of benzene rings is 1. The topological polar surface area (TPSA) is 53.9 Å². The van der Waals surface area contributed by atoms with E-state index >= 15 is 0 Å². The molecule has 2 aliphatic rings. The van der Waals surface area contributed by atoms with Gasteiger partial charge in [0.25, 0.3) is 5.91 Å². The molecular weight excluding hydrogens is 321 g/mol. The highest BCUT2D eigenvalue weighted by molar-refractivity contribution is 6.31. The fraction of sp³-hybridized carbons (Fsp3) is 0.500. The molecule has 1 saturated carbocycles. The Balaban J connectivity index is 1.69. The van der Waals surface area contributed by atoms with Crippen molar-refractivity contribution >= 4 is 23.5 Å². The molecule has 1 unspecified atom stereocenters. The van der Waals surface area contributed by atoms with Gasteiger partial charge in [-0.2, -0.15) is 0 Å². The summed E-state index contributed by atoms with van der Waals surface area (Å²) in [6, 6.07) is 4.16. The number of quaternary nitrogens is 1. The van der Waals surface area contributed by atoms with Crippen LogP contribution < -0.4 is 10.2 Å². The number of carbonyl (C=O) groups is 2. The molecule has 2 atom stereocenters. The van der Waals surface area contributed by atoms with E-state index in [0.29, 0.717) is 17.1 Å². The van der Waals surface area contributed by atoms with Gasteiger partial charge in [-0.15, -0.1) is 0 Å². The average Bonchev–Trinajstić information content (AvgIpc) is 3.30. The maximum atomic E-state index is 13.9. The van der Waals surface area contributed by atoms with Crippen LogP contribution in [0.4, 0.5) is 9.18 Å². The molecule has 2 fully saturated rings. The van der Waals surface area contributed by atoms with Crippen molar-refractivity contribution in [2.24, 2.45) is 5.92 Å². The van der Waals surface area contributed by atoms with E-state index in [2.05, 4.69) is 5.32 Å². The number of urea groups is 1. The Morgan fingerprint density at radius 1 is 1.43 bits per heavy atom. The van der Waals surface area contributed by atoms with Crippen molar-refractivity contribution in [2.45, 2.75) is 31.8 Å². The second kappa shape index (κ2) is 5.76. The van der Waals surface area contributed by atoms with Crippen LogP contribution in [-0.4, -0.2) is 36.1 Å². The van der Waals surface area contributed by atoms with Crippen molar-refractivity contribution < 1.29 is 18.9 Å². The van der Waals surface area contributed by atoms with E-state index in [9.17, 15) is 14.0 Å². The van der Waals surface area contributed by atoms with Crippen molar-refractivity contribution in [3.05, 3.63) is 34.6 Å². The second-order valence-corrected chi connectivity index (χ2v) is 7.04. The third-order valence-corrected chi connectivity index (χ3v) is 5.02. The molecule has 7 heteroatoms. The zero-order valence-corrected chi connectivity index (χ0v) is 13.9. The number of nitrogens with one attached hydrogen (secondary N) is 2. The monoisotopic (exact) mass is 340 g/mol. The lowest BCUT2D eigenvalue weighted by Crippen LogP contribution is -3.09. The Hall–Kier alpha value is -1.66. The van der Waals surface area contributed by atoms with Gasteiger partial charge in [-0.25, -0.2) is 14.1 Å². The quantitative estimate of drug-likeness (QED) is 0.791. The maximum Gasteiger partial charge on any atom is 0.329 e. The van der Waals surface area contributed by atoms with Crippen LogP contribution in [0.2, 0.25) is 5.02 Å². The lowest BCUT2D eigenvalue weighted by Gasteiger charge is -2.23. The van der Waals surface area contributed by atoms with Crippen LogP contribution in [0.15, 0.2) is 18.2 Å². The molecule has 1 aromatic rings. The van der Waals surface area contributed by atoms with Gasteiger partial charge in [-0.1, -0.05) is 17.7 Å². The summed E-state index contributed by atoms with van der Waals surface area (Å²) in [6.45, 7) is 2.26. The minimum atomic E-state index is -0.785. The predicted molar refractivity (Wildman–Crippen MR) is 83.4 cm³/mol. The van der Waals surface area contributed by atoms with Crippen LogP contribution in [0.5, 0.6) is 0 Å². The molecule has 0 spiro atoms. The number of hydrogen-bond donors (Lipinski definition) is 2. The predicted octanol–water partition coefficient (Wildman–Crippen LogP) is 1.17. The Bertz CT molecular complexity index is 644. The molecule has 0 bridgehead atoms. The third kappa shape index (κ3) is 2.93. The maximum absolute atomic E-state index is 13.9. The Morgan fingerprint density at radius 3 is 2.74 bits per heavy atom. The number of carbonyl (C=O) groups excluding carboxylic acids is 2. The molecule has 3 amide bonds. The SMILES string of the molecule is C[NH+](Cc1c(F)cccc1Cl)CN1C(=O)N[C@@](C)(C2CC2)C1=O. The van der Waals surface area contributed by atoms with Crippen molar-refractivity contribution in [1.29, 1.82) is 0 Å². The minimum Gasteiger partial charge on any atom is -0.323 e. The number of halogens is 2. The summed E-state index contributed by atoms with van der Waals surface area (Å²) in [5.41, 5.74) is -0.392. The lowest BCUT2D eigenvalue weighted by atomic mass is 9.96. The van der Waals surface area contributed by atoms with Gasteiger partial charge in [-0.05, 0) is 37.8 Å². The largest absolute Gasteiger partial charge is 0.329 e. The molecule has 23 heavy (non-hydrogen) atoms. The minimum absolute atomic E-state index is 0.178.